The van der Waals surface area contributed by atoms with Crippen molar-refractivity contribution in [2.24, 2.45) is 0 Å². The van der Waals surface area contributed by atoms with Gasteiger partial charge in [0.1, 0.15) is 28.1 Å². The van der Waals surface area contributed by atoms with Crippen LogP contribution in [0.15, 0.2) is 243 Å². The maximum Gasteiger partial charge on any atom is 0.130 e. The Hall–Kier alpha value is -8.49. The lowest BCUT2D eigenvalue weighted by Gasteiger charge is -2.22. The minimum atomic E-state index is 0.279. The first kappa shape index (κ1) is 53.9. The van der Waals surface area contributed by atoms with E-state index < -0.39 is 0 Å². The number of rotatable bonds is 18. The maximum absolute atomic E-state index is 9.76. The summed E-state index contributed by atoms with van der Waals surface area (Å²) in [4.78, 5) is 32.6. The Morgan fingerprint density at radius 2 is 0.810 bits per heavy atom. The Labute approximate surface area is 474 Å². The third kappa shape index (κ3) is 15.6. The van der Waals surface area contributed by atoms with Crippen molar-refractivity contribution in [2.75, 3.05) is 0 Å². The number of para-hydroxylation sites is 4. The zero-order valence-corrected chi connectivity index (χ0v) is 45.8. The number of nitrogens with zero attached hydrogens (tertiary/aromatic N) is 8. The number of hydrogen-bond donors (Lipinski definition) is 1. The number of fused-ring (bicyclic) bond motifs is 2. The van der Waals surface area contributed by atoms with Crippen LogP contribution in [-0.2, 0) is 51.8 Å². The minimum Gasteiger partial charge on any atom is -0.507 e. The molecule has 392 valence electrons. The molecule has 0 saturated carbocycles. The van der Waals surface area contributed by atoms with E-state index in [1.165, 1.54) is 15.8 Å². The van der Waals surface area contributed by atoms with Gasteiger partial charge in [-0.15, -0.1) is 34.3 Å². The molecule has 0 fully saturated rings. The molecule has 0 aliphatic heterocycles. The van der Waals surface area contributed by atoms with Gasteiger partial charge < -0.3 is 9.84 Å². The second-order valence-electron chi connectivity index (χ2n) is 18.6. The van der Waals surface area contributed by atoms with Gasteiger partial charge in [-0.25, -0.2) is 9.97 Å². The number of ether oxygens (including phenoxy) is 1. The molecule has 12 rings (SSSR count). The standard InChI is InChI=1S/C33H28N4OS.C20H20ClN3.C13H9NOS/c1-2-11-25(12-3-1)21-37(22-26-13-8-9-20-34-26)23-27-14-10-15-28(35-27)24-38-31-18-6-4-16-29(31)33-36-30-17-5-7-19-32(30)39-33;21-13-18-10-6-11-20(23-18)16-24(14-17-7-2-1-3-8-17)15-19-9-4-5-12-22-19;15-11-7-3-1-5-9(11)13-14-10-6-2-4-8-12(10)16-13/h1-20H,21-24H2;1-12H,13-16H2;1-8,15H. The van der Waals surface area contributed by atoms with Crippen LogP contribution in [-0.4, -0.2) is 44.8 Å². The molecule has 13 heteroatoms. The first-order valence-corrected chi connectivity index (χ1v) is 28.1. The summed E-state index contributed by atoms with van der Waals surface area (Å²) >= 11 is 9.18. The highest BCUT2D eigenvalue weighted by molar-refractivity contribution is 7.22. The number of hydrogen-bond acceptors (Lipinski definition) is 12. The molecule has 0 spiro atoms. The van der Waals surface area contributed by atoms with E-state index >= 15 is 0 Å². The molecule has 0 amide bonds. The molecule has 0 bridgehead atoms. The van der Waals surface area contributed by atoms with Crippen molar-refractivity contribution in [3.63, 3.8) is 0 Å². The summed E-state index contributed by atoms with van der Waals surface area (Å²) in [5.41, 5.74) is 12.3. The number of aromatic hydroxyl groups is 1. The highest BCUT2D eigenvalue weighted by atomic mass is 35.5. The number of phenolic OH excluding ortho intramolecular Hbond substituents is 1. The number of benzene rings is 6. The number of halogens is 1. The second-order valence-corrected chi connectivity index (χ2v) is 20.9. The lowest BCUT2D eigenvalue weighted by Crippen LogP contribution is -2.23. The Morgan fingerprint density at radius 1 is 0.380 bits per heavy atom. The van der Waals surface area contributed by atoms with Gasteiger partial charge in [-0.2, -0.15) is 0 Å². The van der Waals surface area contributed by atoms with Crippen molar-refractivity contribution < 1.29 is 9.84 Å². The number of pyridine rings is 4. The summed E-state index contributed by atoms with van der Waals surface area (Å²) in [6, 6.07) is 76.8. The summed E-state index contributed by atoms with van der Waals surface area (Å²) in [5, 5.41) is 11.6. The lowest BCUT2D eigenvalue weighted by atomic mass is 10.2. The van der Waals surface area contributed by atoms with E-state index in [1.54, 1.807) is 28.7 Å². The van der Waals surface area contributed by atoms with E-state index in [2.05, 4.69) is 115 Å². The van der Waals surface area contributed by atoms with Gasteiger partial charge in [0.15, 0.2) is 0 Å². The van der Waals surface area contributed by atoms with Crippen LogP contribution in [0.4, 0.5) is 0 Å². The fourth-order valence-corrected chi connectivity index (χ4v) is 11.0. The van der Waals surface area contributed by atoms with Gasteiger partial charge in [-0.05, 0) is 108 Å². The lowest BCUT2D eigenvalue weighted by molar-refractivity contribution is 0.240. The van der Waals surface area contributed by atoms with Gasteiger partial charge >= 0.3 is 0 Å². The SMILES string of the molecule is ClCc1cccc(CN(Cc2ccccc2)Cc2ccccn2)n1.Oc1ccccc1-c1nc2ccccc2s1.c1ccc(CN(Cc2ccccn2)Cc2cccc(COc3ccccc3-c3nc4ccccc4s3)n2)cc1. The summed E-state index contributed by atoms with van der Waals surface area (Å²) in [6.07, 6.45) is 3.68. The zero-order valence-electron chi connectivity index (χ0n) is 43.4. The molecule has 6 aromatic heterocycles. The normalized spacial score (nSPS) is 11.0. The smallest absolute Gasteiger partial charge is 0.130 e. The van der Waals surface area contributed by atoms with Crippen molar-refractivity contribution >= 4 is 54.7 Å². The first-order chi connectivity index (χ1) is 39.0. The van der Waals surface area contributed by atoms with Crippen molar-refractivity contribution in [3.05, 3.63) is 288 Å². The van der Waals surface area contributed by atoms with Crippen molar-refractivity contribution in [1.82, 2.24) is 39.7 Å². The molecular weight excluding hydrogens is 1040 g/mol. The van der Waals surface area contributed by atoms with Gasteiger partial charge in [0.2, 0.25) is 0 Å². The van der Waals surface area contributed by atoms with E-state index in [-0.39, 0.29) is 5.75 Å². The molecular formula is C66H57ClN8O2S2. The highest BCUT2D eigenvalue weighted by Crippen LogP contribution is 2.37. The Kier molecular flexibility index (Phi) is 18.9. The Morgan fingerprint density at radius 3 is 1.34 bits per heavy atom. The van der Waals surface area contributed by atoms with Crippen molar-refractivity contribution in [2.45, 2.75) is 51.8 Å². The summed E-state index contributed by atoms with van der Waals surface area (Å²) < 4.78 is 8.61. The van der Waals surface area contributed by atoms with Crippen molar-refractivity contribution in [1.29, 1.82) is 0 Å². The number of thiazole rings is 2. The van der Waals surface area contributed by atoms with Crippen LogP contribution in [0.2, 0.25) is 0 Å². The predicted octanol–water partition coefficient (Wildman–Crippen LogP) is 15.6. The predicted molar refractivity (Wildman–Crippen MR) is 321 cm³/mol. The molecule has 1 N–H and O–H groups in total. The molecule has 12 aromatic rings. The van der Waals surface area contributed by atoms with Gasteiger partial charge in [-0.1, -0.05) is 133 Å². The molecule has 6 aromatic carbocycles. The maximum atomic E-state index is 9.76. The molecule has 79 heavy (non-hydrogen) atoms. The van der Waals surface area contributed by atoms with Crippen LogP contribution in [0, 0.1) is 0 Å². The molecule has 0 radical (unpaired) electrons. The number of phenols is 1. The fraction of sp³-hybridized carbons (Fsp3) is 0.121. The van der Waals surface area contributed by atoms with E-state index in [0.29, 0.717) is 19.0 Å². The molecule has 0 atom stereocenters. The van der Waals surface area contributed by atoms with Crippen LogP contribution < -0.4 is 4.74 Å². The first-order valence-electron chi connectivity index (χ1n) is 26.0. The van der Waals surface area contributed by atoms with Gasteiger partial charge in [0.25, 0.3) is 0 Å². The van der Waals surface area contributed by atoms with Crippen LogP contribution in [0.25, 0.3) is 41.6 Å². The summed E-state index contributed by atoms with van der Waals surface area (Å²) in [6.45, 7) is 5.04. The Bertz CT molecular complexity index is 3650. The second kappa shape index (κ2) is 27.7. The Balaban J connectivity index is 0.000000149. The van der Waals surface area contributed by atoms with Gasteiger partial charge in [-0.3, -0.25) is 29.7 Å². The highest BCUT2D eigenvalue weighted by Gasteiger charge is 2.15. The topological polar surface area (TPSA) is 113 Å². The molecule has 0 aliphatic carbocycles. The molecule has 10 nitrogen and oxygen atoms in total. The molecule has 0 aliphatic rings. The summed E-state index contributed by atoms with van der Waals surface area (Å²) in [5.74, 6) is 1.53. The van der Waals surface area contributed by atoms with Crippen LogP contribution in [0.3, 0.4) is 0 Å². The molecule has 6 heterocycles. The third-order valence-electron chi connectivity index (χ3n) is 12.6. The van der Waals surface area contributed by atoms with E-state index in [1.807, 2.05) is 152 Å². The third-order valence-corrected chi connectivity index (χ3v) is 15.0. The minimum absolute atomic E-state index is 0.279. The fourth-order valence-electron chi connectivity index (χ4n) is 8.86. The quantitative estimate of drug-likeness (QED) is 0.0834. The van der Waals surface area contributed by atoms with Gasteiger partial charge in [0, 0.05) is 51.7 Å². The number of aromatic nitrogens is 6. The van der Waals surface area contributed by atoms with Crippen LogP contribution in [0.1, 0.15) is 45.3 Å². The van der Waals surface area contributed by atoms with Crippen LogP contribution in [0.5, 0.6) is 11.5 Å². The van der Waals surface area contributed by atoms with E-state index in [0.717, 1.165) is 110 Å². The monoisotopic (exact) mass is 1090 g/mol. The number of alkyl halides is 1. The summed E-state index contributed by atoms with van der Waals surface area (Å²) in [7, 11) is 0. The van der Waals surface area contributed by atoms with E-state index in [4.69, 9.17) is 26.3 Å². The zero-order chi connectivity index (χ0) is 53.9. The average Bonchev–Trinajstić information content (AvgIpc) is 4.20. The largest absolute Gasteiger partial charge is 0.507 e. The average molecular weight is 1090 g/mol. The molecule has 0 saturated heterocycles. The van der Waals surface area contributed by atoms with E-state index in [9.17, 15) is 5.11 Å². The molecule has 0 unspecified atom stereocenters. The van der Waals surface area contributed by atoms with Gasteiger partial charge in [0.05, 0.1) is 71.6 Å². The van der Waals surface area contributed by atoms with Crippen molar-refractivity contribution in [3.8, 4) is 32.6 Å². The van der Waals surface area contributed by atoms with Crippen LogP contribution >= 0.6 is 34.3 Å².